The highest BCUT2D eigenvalue weighted by Crippen LogP contribution is 2.44. The number of ether oxygens (including phenoxy) is 2. The molecule has 0 radical (unpaired) electrons. The molecule has 1 fully saturated rings. The maximum absolute atomic E-state index is 11.0. The Bertz CT molecular complexity index is 1110. The van der Waals surface area contributed by atoms with E-state index in [2.05, 4.69) is 30.3 Å². The Balaban J connectivity index is 1.66. The van der Waals surface area contributed by atoms with Gasteiger partial charge in [0.2, 0.25) is 6.29 Å². The molecular weight excluding hydrogens is 390 g/mol. The number of allylic oxidation sites excluding steroid dienone is 1. The Morgan fingerprint density at radius 3 is 2.10 bits per heavy atom. The number of hydrogen-bond acceptors (Lipinski definition) is 4. The summed E-state index contributed by atoms with van der Waals surface area (Å²) >= 11 is 0. The van der Waals surface area contributed by atoms with Crippen LogP contribution < -0.4 is 0 Å². The van der Waals surface area contributed by atoms with Crippen molar-refractivity contribution < 1.29 is 14.4 Å². The van der Waals surface area contributed by atoms with E-state index in [1.54, 1.807) is 12.1 Å². The molecule has 0 saturated carbocycles. The second-order valence-corrected chi connectivity index (χ2v) is 7.63. The SMILES string of the molecule is O=[N+]([O-])c1ccc(C2=C(C=C(c3ccccc3)c3ccccc3)[C@@H]3CCO[C@@H]3O2)cc1. The summed E-state index contributed by atoms with van der Waals surface area (Å²) in [6.07, 6.45) is 2.76. The van der Waals surface area contributed by atoms with Gasteiger partial charge in [-0.2, -0.15) is 0 Å². The van der Waals surface area contributed by atoms with Crippen LogP contribution >= 0.6 is 0 Å². The Morgan fingerprint density at radius 1 is 0.903 bits per heavy atom. The second kappa shape index (κ2) is 8.20. The monoisotopic (exact) mass is 411 g/mol. The molecule has 3 aromatic rings. The number of hydrogen-bond donors (Lipinski definition) is 0. The van der Waals surface area contributed by atoms with Gasteiger partial charge in [-0.25, -0.2) is 0 Å². The van der Waals surface area contributed by atoms with Crippen molar-refractivity contribution in [2.24, 2.45) is 5.92 Å². The maximum Gasteiger partial charge on any atom is 0.269 e. The van der Waals surface area contributed by atoms with Crippen LogP contribution in [0.25, 0.3) is 11.3 Å². The van der Waals surface area contributed by atoms with Gasteiger partial charge in [-0.15, -0.1) is 0 Å². The van der Waals surface area contributed by atoms with Gasteiger partial charge in [-0.3, -0.25) is 10.1 Å². The van der Waals surface area contributed by atoms with Crippen molar-refractivity contribution in [3.05, 3.63) is 123 Å². The molecule has 0 bridgehead atoms. The molecule has 5 heteroatoms. The molecule has 2 atom stereocenters. The van der Waals surface area contributed by atoms with Gasteiger partial charge in [0.25, 0.3) is 5.69 Å². The third-order valence-electron chi connectivity index (χ3n) is 5.74. The van der Waals surface area contributed by atoms with Gasteiger partial charge in [0, 0.05) is 23.3 Å². The van der Waals surface area contributed by atoms with Crippen molar-refractivity contribution in [1.29, 1.82) is 0 Å². The molecule has 0 aromatic heterocycles. The average Bonchev–Trinajstić information content (AvgIpc) is 3.41. The lowest BCUT2D eigenvalue weighted by atomic mass is 9.89. The predicted octanol–water partition coefficient (Wildman–Crippen LogP) is 5.83. The zero-order valence-electron chi connectivity index (χ0n) is 16.8. The van der Waals surface area contributed by atoms with E-state index in [4.69, 9.17) is 9.47 Å². The minimum absolute atomic E-state index is 0.0603. The van der Waals surface area contributed by atoms with E-state index in [0.29, 0.717) is 6.61 Å². The molecular formula is C26H21NO4. The largest absolute Gasteiger partial charge is 0.463 e. The van der Waals surface area contributed by atoms with Gasteiger partial charge >= 0.3 is 0 Å². The summed E-state index contributed by atoms with van der Waals surface area (Å²) in [7, 11) is 0. The number of nitro groups is 1. The smallest absolute Gasteiger partial charge is 0.269 e. The summed E-state index contributed by atoms with van der Waals surface area (Å²) in [5.41, 5.74) is 5.28. The Kier molecular flexibility index (Phi) is 5.10. The third-order valence-corrected chi connectivity index (χ3v) is 5.74. The molecule has 1 saturated heterocycles. The van der Waals surface area contributed by atoms with E-state index in [9.17, 15) is 10.1 Å². The molecule has 154 valence electrons. The fourth-order valence-corrected chi connectivity index (χ4v) is 4.20. The first-order valence-corrected chi connectivity index (χ1v) is 10.3. The van der Waals surface area contributed by atoms with E-state index >= 15 is 0 Å². The van der Waals surface area contributed by atoms with Crippen molar-refractivity contribution in [2.45, 2.75) is 12.7 Å². The molecule has 0 unspecified atom stereocenters. The Labute approximate surface area is 180 Å². The van der Waals surface area contributed by atoms with Crippen molar-refractivity contribution in [1.82, 2.24) is 0 Å². The van der Waals surface area contributed by atoms with Gasteiger partial charge in [0.15, 0.2) is 0 Å². The normalized spacial score (nSPS) is 19.6. The number of fused-ring (bicyclic) bond motifs is 1. The van der Waals surface area contributed by atoms with Crippen LogP contribution in [-0.4, -0.2) is 17.8 Å². The number of non-ortho nitro benzene ring substituents is 1. The molecule has 0 aliphatic carbocycles. The first-order valence-electron chi connectivity index (χ1n) is 10.3. The van der Waals surface area contributed by atoms with Crippen LogP contribution in [-0.2, 0) is 9.47 Å². The molecule has 2 heterocycles. The van der Waals surface area contributed by atoms with Crippen LogP contribution in [0, 0.1) is 16.0 Å². The van der Waals surface area contributed by atoms with Gasteiger partial charge in [0.1, 0.15) is 5.76 Å². The van der Waals surface area contributed by atoms with E-state index in [-0.39, 0.29) is 17.9 Å². The zero-order valence-corrected chi connectivity index (χ0v) is 16.8. The lowest BCUT2D eigenvalue weighted by Gasteiger charge is -2.12. The van der Waals surface area contributed by atoms with Crippen molar-refractivity contribution in [2.75, 3.05) is 6.61 Å². The molecule has 3 aromatic carbocycles. The maximum atomic E-state index is 11.0. The number of nitro benzene ring substituents is 1. The van der Waals surface area contributed by atoms with Crippen LogP contribution in [0.3, 0.4) is 0 Å². The molecule has 0 spiro atoms. The molecule has 0 amide bonds. The summed E-state index contributed by atoms with van der Waals surface area (Å²) in [6.45, 7) is 0.659. The minimum atomic E-state index is -0.394. The summed E-state index contributed by atoms with van der Waals surface area (Å²) in [5, 5.41) is 11.0. The van der Waals surface area contributed by atoms with Crippen molar-refractivity contribution in [3.8, 4) is 0 Å². The first kappa shape index (κ1) is 19.3. The highest BCUT2D eigenvalue weighted by atomic mass is 16.7. The van der Waals surface area contributed by atoms with Crippen LogP contribution in [0.5, 0.6) is 0 Å². The Morgan fingerprint density at radius 2 is 1.52 bits per heavy atom. The highest BCUT2D eigenvalue weighted by molar-refractivity contribution is 5.84. The Hall–Kier alpha value is -3.70. The summed E-state index contributed by atoms with van der Waals surface area (Å²) < 4.78 is 12.0. The molecule has 31 heavy (non-hydrogen) atoms. The third kappa shape index (κ3) is 3.76. The molecule has 0 N–H and O–H groups in total. The van der Waals surface area contributed by atoms with E-state index < -0.39 is 4.92 Å². The predicted molar refractivity (Wildman–Crippen MR) is 119 cm³/mol. The van der Waals surface area contributed by atoms with Crippen LogP contribution in [0.15, 0.2) is 96.6 Å². The fraction of sp³-hybridized carbons (Fsp3) is 0.154. The van der Waals surface area contributed by atoms with Crippen LogP contribution in [0.2, 0.25) is 0 Å². The molecule has 2 aliphatic heterocycles. The van der Waals surface area contributed by atoms with E-state index in [1.807, 2.05) is 36.4 Å². The van der Waals surface area contributed by atoms with Crippen LogP contribution in [0.4, 0.5) is 5.69 Å². The lowest BCUT2D eigenvalue weighted by Crippen LogP contribution is -2.12. The standard InChI is InChI=1S/C26H21NO4/c28-27(29)21-13-11-20(12-14-21)25-24(22-15-16-30-26(22)31-25)17-23(18-7-3-1-4-8-18)19-9-5-2-6-10-19/h1-14,17,22,26H,15-16H2/t22-,26+/m0/s1. The van der Waals surface area contributed by atoms with E-state index in [0.717, 1.165) is 40.0 Å². The minimum Gasteiger partial charge on any atom is -0.463 e. The lowest BCUT2D eigenvalue weighted by molar-refractivity contribution is -0.384. The first-order chi connectivity index (χ1) is 15.2. The topological polar surface area (TPSA) is 61.6 Å². The summed E-state index contributed by atoms with van der Waals surface area (Å²) in [4.78, 5) is 10.7. The van der Waals surface area contributed by atoms with Crippen LogP contribution in [0.1, 0.15) is 23.1 Å². The van der Waals surface area contributed by atoms with Gasteiger partial charge in [-0.1, -0.05) is 60.7 Å². The molecule has 5 nitrogen and oxygen atoms in total. The average molecular weight is 411 g/mol. The van der Waals surface area contributed by atoms with E-state index in [1.165, 1.54) is 12.1 Å². The zero-order chi connectivity index (χ0) is 21.2. The summed E-state index contributed by atoms with van der Waals surface area (Å²) in [6, 6.07) is 27.1. The number of nitrogens with zero attached hydrogens (tertiary/aromatic N) is 1. The molecule has 2 aliphatic rings. The summed E-state index contributed by atoms with van der Waals surface area (Å²) in [5.74, 6) is 0.863. The van der Waals surface area contributed by atoms with Crippen molar-refractivity contribution in [3.63, 3.8) is 0 Å². The van der Waals surface area contributed by atoms with Crippen molar-refractivity contribution >= 4 is 17.0 Å². The number of benzene rings is 3. The second-order valence-electron chi connectivity index (χ2n) is 7.63. The van der Waals surface area contributed by atoms with Gasteiger partial charge in [0.05, 0.1) is 17.4 Å². The number of rotatable bonds is 5. The fourth-order valence-electron chi connectivity index (χ4n) is 4.20. The molecule has 5 rings (SSSR count). The van der Waals surface area contributed by atoms with Gasteiger partial charge in [-0.05, 0) is 41.3 Å². The quantitative estimate of drug-likeness (QED) is 0.391. The van der Waals surface area contributed by atoms with Gasteiger partial charge < -0.3 is 9.47 Å². The highest BCUT2D eigenvalue weighted by Gasteiger charge is 2.41.